The van der Waals surface area contributed by atoms with Crippen LogP contribution in [0.1, 0.15) is 32.7 Å². The lowest BCUT2D eigenvalue weighted by atomic mass is 10.1. The molecule has 0 saturated carbocycles. The first-order chi connectivity index (χ1) is 7.16. The Hall–Kier alpha value is -1.32. The molecular formula is C11H17N3O. The second-order valence-corrected chi connectivity index (χ2v) is 4.30. The van der Waals surface area contributed by atoms with Crippen LogP contribution in [0.15, 0.2) is 12.4 Å². The fraction of sp³-hybridized carbons (Fsp3) is 0.636. The lowest BCUT2D eigenvalue weighted by Gasteiger charge is -2.26. The van der Waals surface area contributed by atoms with Crippen LogP contribution in [-0.4, -0.2) is 28.7 Å². The first-order valence-electron chi connectivity index (χ1n) is 5.47. The minimum Gasteiger partial charge on any atom is -0.368 e. The van der Waals surface area contributed by atoms with E-state index in [0.717, 1.165) is 18.8 Å². The molecule has 0 amide bonds. The molecule has 4 heteroatoms. The van der Waals surface area contributed by atoms with Gasteiger partial charge in [-0.2, -0.15) is 5.10 Å². The van der Waals surface area contributed by atoms with Crippen molar-refractivity contribution in [1.82, 2.24) is 9.78 Å². The van der Waals surface area contributed by atoms with Crippen LogP contribution in [0.5, 0.6) is 0 Å². The van der Waals surface area contributed by atoms with Gasteiger partial charge >= 0.3 is 0 Å². The molecule has 0 spiro atoms. The summed E-state index contributed by atoms with van der Waals surface area (Å²) < 4.78 is 1.95. The molecule has 82 valence electrons. The maximum atomic E-state index is 11.1. The van der Waals surface area contributed by atoms with Gasteiger partial charge in [0.25, 0.3) is 0 Å². The zero-order valence-corrected chi connectivity index (χ0v) is 9.31. The van der Waals surface area contributed by atoms with Crippen molar-refractivity contribution in [3.63, 3.8) is 0 Å². The van der Waals surface area contributed by atoms with E-state index < -0.39 is 0 Å². The summed E-state index contributed by atoms with van der Waals surface area (Å²) in [5, 5.41) is 4.30. The number of carbonyl (C=O) groups is 1. The predicted molar refractivity (Wildman–Crippen MR) is 59.1 cm³/mol. The molecule has 0 bridgehead atoms. The molecule has 1 aliphatic heterocycles. The molecule has 0 N–H and O–H groups in total. The van der Waals surface area contributed by atoms with Crippen LogP contribution in [0.25, 0.3) is 0 Å². The number of hydrogen-bond donors (Lipinski definition) is 0. The standard InChI is InChI=1S/C11H17N3O/c1-9(2)14-8-10(7-12-14)13-5-3-11(15)4-6-13/h7-9H,3-6H2,1-2H3. The summed E-state index contributed by atoms with van der Waals surface area (Å²) in [5.74, 6) is 0.377. The maximum absolute atomic E-state index is 11.1. The molecule has 4 nitrogen and oxygen atoms in total. The van der Waals surface area contributed by atoms with Crippen molar-refractivity contribution in [2.45, 2.75) is 32.7 Å². The summed E-state index contributed by atoms with van der Waals surface area (Å²) in [6, 6.07) is 0.394. The Bertz CT molecular complexity index is 346. The topological polar surface area (TPSA) is 38.1 Å². The summed E-state index contributed by atoms with van der Waals surface area (Å²) >= 11 is 0. The van der Waals surface area contributed by atoms with E-state index in [1.807, 2.05) is 10.9 Å². The molecule has 2 rings (SSSR count). The van der Waals surface area contributed by atoms with E-state index in [1.165, 1.54) is 0 Å². The fourth-order valence-corrected chi connectivity index (χ4v) is 1.79. The molecule has 1 fully saturated rings. The van der Waals surface area contributed by atoms with E-state index in [2.05, 4.69) is 30.0 Å². The van der Waals surface area contributed by atoms with Crippen LogP contribution in [0.2, 0.25) is 0 Å². The monoisotopic (exact) mass is 207 g/mol. The highest BCUT2D eigenvalue weighted by molar-refractivity contribution is 5.80. The van der Waals surface area contributed by atoms with Crippen molar-refractivity contribution in [2.75, 3.05) is 18.0 Å². The second-order valence-electron chi connectivity index (χ2n) is 4.30. The summed E-state index contributed by atoms with van der Waals surface area (Å²) in [5.41, 5.74) is 1.14. The van der Waals surface area contributed by atoms with Crippen LogP contribution < -0.4 is 4.90 Å². The third kappa shape index (κ3) is 2.19. The molecule has 2 heterocycles. The number of hydrogen-bond acceptors (Lipinski definition) is 3. The predicted octanol–water partition coefficient (Wildman–Crippen LogP) is 1.63. The first kappa shape index (κ1) is 10.2. The molecule has 1 saturated heterocycles. The van der Waals surface area contributed by atoms with Crippen molar-refractivity contribution in [3.8, 4) is 0 Å². The molecule has 0 radical (unpaired) electrons. The largest absolute Gasteiger partial charge is 0.368 e. The van der Waals surface area contributed by atoms with E-state index >= 15 is 0 Å². The Balaban J connectivity index is 2.06. The number of ketones is 1. The Labute approximate surface area is 89.9 Å². The number of rotatable bonds is 2. The summed E-state index contributed by atoms with van der Waals surface area (Å²) in [6.07, 6.45) is 5.29. The molecule has 15 heavy (non-hydrogen) atoms. The summed E-state index contributed by atoms with van der Waals surface area (Å²) in [4.78, 5) is 13.3. The number of piperidine rings is 1. The number of carbonyl (C=O) groups excluding carboxylic acids is 1. The van der Waals surface area contributed by atoms with E-state index in [1.54, 1.807) is 0 Å². The van der Waals surface area contributed by atoms with Crippen molar-refractivity contribution in [1.29, 1.82) is 0 Å². The van der Waals surface area contributed by atoms with Gasteiger partial charge in [0.1, 0.15) is 5.78 Å². The maximum Gasteiger partial charge on any atom is 0.136 e. The molecule has 0 aliphatic carbocycles. The lowest BCUT2D eigenvalue weighted by Crippen LogP contribution is -2.33. The highest BCUT2D eigenvalue weighted by atomic mass is 16.1. The fourth-order valence-electron chi connectivity index (χ4n) is 1.79. The quantitative estimate of drug-likeness (QED) is 0.739. The van der Waals surface area contributed by atoms with E-state index in [4.69, 9.17) is 0 Å². The number of anilines is 1. The van der Waals surface area contributed by atoms with E-state index in [0.29, 0.717) is 24.7 Å². The minimum atomic E-state index is 0.377. The second kappa shape index (κ2) is 4.04. The highest BCUT2D eigenvalue weighted by Gasteiger charge is 2.17. The average Bonchev–Trinajstić information content (AvgIpc) is 2.68. The van der Waals surface area contributed by atoms with Gasteiger partial charge in [-0.05, 0) is 13.8 Å². The molecule has 1 aromatic heterocycles. The highest BCUT2D eigenvalue weighted by Crippen LogP contribution is 2.18. The van der Waals surface area contributed by atoms with Gasteiger partial charge in [0.2, 0.25) is 0 Å². The minimum absolute atomic E-state index is 0.377. The van der Waals surface area contributed by atoms with Crippen molar-refractivity contribution < 1.29 is 4.79 Å². The van der Waals surface area contributed by atoms with Crippen molar-refractivity contribution >= 4 is 11.5 Å². The number of aromatic nitrogens is 2. The van der Waals surface area contributed by atoms with Gasteiger partial charge in [0, 0.05) is 38.2 Å². The molecule has 0 unspecified atom stereocenters. The van der Waals surface area contributed by atoms with Gasteiger partial charge in [0.15, 0.2) is 0 Å². The number of nitrogens with zero attached hydrogens (tertiary/aromatic N) is 3. The van der Waals surface area contributed by atoms with Crippen LogP contribution in [0.4, 0.5) is 5.69 Å². The smallest absolute Gasteiger partial charge is 0.136 e. The zero-order chi connectivity index (χ0) is 10.8. The summed E-state index contributed by atoms with van der Waals surface area (Å²) in [6.45, 7) is 5.89. The van der Waals surface area contributed by atoms with Gasteiger partial charge in [-0.25, -0.2) is 0 Å². The third-order valence-electron chi connectivity index (χ3n) is 2.80. The van der Waals surface area contributed by atoms with Gasteiger partial charge in [-0.15, -0.1) is 0 Å². The van der Waals surface area contributed by atoms with Gasteiger partial charge in [-0.1, -0.05) is 0 Å². The lowest BCUT2D eigenvalue weighted by molar-refractivity contribution is -0.119. The Morgan fingerprint density at radius 1 is 1.33 bits per heavy atom. The SMILES string of the molecule is CC(C)n1cc(N2CCC(=O)CC2)cn1. The van der Waals surface area contributed by atoms with Crippen LogP contribution in [0, 0.1) is 0 Å². The number of Topliss-reactive ketones (excluding diaryl/α,β-unsaturated/α-hetero) is 1. The van der Waals surface area contributed by atoms with Gasteiger partial charge in [-0.3, -0.25) is 9.48 Å². The molecule has 0 atom stereocenters. The van der Waals surface area contributed by atoms with Crippen molar-refractivity contribution in [2.24, 2.45) is 0 Å². The van der Waals surface area contributed by atoms with Crippen LogP contribution in [-0.2, 0) is 4.79 Å². The van der Waals surface area contributed by atoms with E-state index in [-0.39, 0.29) is 0 Å². The van der Waals surface area contributed by atoms with E-state index in [9.17, 15) is 4.79 Å². The molecule has 0 aromatic carbocycles. The normalized spacial score (nSPS) is 17.5. The molecular weight excluding hydrogens is 190 g/mol. The Morgan fingerprint density at radius 2 is 2.00 bits per heavy atom. The van der Waals surface area contributed by atoms with Gasteiger partial charge < -0.3 is 4.90 Å². The summed E-state index contributed by atoms with van der Waals surface area (Å²) in [7, 11) is 0. The van der Waals surface area contributed by atoms with Crippen molar-refractivity contribution in [3.05, 3.63) is 12.4 Å². The first-order valence-corrected chi connectivity index (χ1v) is 5.47. The molecule has 1 aliphatic rings. The molecule has 1 aromatic rings. The Kier molecular flexibility index (Phi) is 2.75. The zero-order valence-electron chi connectivity index (χ0n) is 9.31. The average molecular weight is 207 g/mol. The Morgan fingerprint density at radius 3 is 2.53 bits per heavy atom. The van der Waals surface area contributed by atoms with Gasteiger partial charge in [0.05, 0.1) is 11.9 Å². The third-order valence-corrected chi connectivity index (χ3v) is 2.80. The van der Waals surface area contributed by atoms with Crippen LogP contribution in [0.3, 0.4) is 0 Å². The van der Waals surface area contributed by atoms with Crippen LogP contribution >= 0.6 is 0 Å².